The molecule has 2 atom stereocenters. The van der Waals surface area contributed by atoms with Crippen LogP contribution in [0, 0.1) is 0 Å². The lowest BCUT2D eigenvalue weighted by Gasteiger charge is -2.24. The number of carbonyl (C=O) groups is 2. The molecule has 0 fully saturated rings. The van der Waals surface area contributed by atoms with Crippen LogP contribution in [-0.4, -0.2) is 74.9 Å². The lowest BCUT2D eigenvalue weighted by atomic mass is 10.1. The van der Waals surface area contributed by atoms with Gasteiger partial charge in [-0.1, -0.05) is 139 Å². The highest BCUT2D eigenvalue weighted by atomic mass is 31.2. The minimum absolute atomic E-state index is 0.0221. The molecule has 0 saturated carbocycles. The van der Waals surface area contributed by atoms with Crippen molar-refractivity contribution in [3.63, 3.8) is 0 Å². The van der Waals surface area contributed by atoms with Crippen molar-refractivity contribution in [1.29, 1.82) is 0 Å². The van der Waals surface area contributed by atoms with Crippen LogP contribution in [0.4, 0.5) is 0 Å². The first-order valence-corrected chi connectivity index (χ1v) is 23.5. The summed E-state index contributed by atoms with van der Waals surface area (Å²) in [6, 6.07) is 0. The summed E-state index contributed by atoms with van der Waals surface area (Å²) in [5.74, 6) is -0.846. The van der Waals surface area contributed by atoms with Gasteiger partial charge in [0.1, 0.15) is 19.8 Å². The Hall–Kier alpha value is -2.29. The van der Waals surface area contributed by atoms with E-state index in [-0.39, 0.29) is 26.1 Å². The van der Waals surface area contributed by atoms with Crippen molar-refractivity contribution in [2.24, 2.45) is 0 Å². The van der Waals surface area contributed by atoms with Crippen LogP contribution in [0.5, 0.6) is 0 Å². The number of likely N-dealkylation sites (N-methyl/N-ethyl adjacent to an activating group) is 1. The number of hydrogen-bond donors (Lipinski definition) is 1. The monoisotopic (exact) mass is 809 g/mol. The first-order chi connectivity index (χ1) is 27.0. The highest BCUT2D eigenvalue weighted by Crippen LogP contribution is 2.43. The molecule has 10 heteroatoms. The Kier molecular flexibility index (Phi) is 36.7. The second-order valence-electron chi connectivity index (χ2n) is 15.8. The zero-order chi connectivity index (χ0) is 41.4. The molecule has 0 aliphatic heterocycles. The predicted octanol–water partition coefficient (Wildman–Crippen LogP) is 12.5. The van der Waals surface area contributed by atoms with Crippen molar-refractivity contribution in [2.75, 3.05) is 47.5 Å². The molecule has 324 valence electrons. The van der Waals surface area contributed by atoms with E-state index in [1.165, 1.54) is 51.4 Å². The second-order valence-corrected chi connectivity index (χ2v) is 17.2. The molecule has 0 saturated heterocycles. The zero-order valence-corrected chi connectivity index (χ0v) is 37.2. The molecule has 56 heavy (non-hydrogen) atoms. The van der Waals surface area contributed by atoms with E-state index in [0.717, 1.165) is 77.0 Å². The number of esters is 2. The summed E-state index contributed by atoms with van der Waals surface area (Å²) in [4.78, 5) is 35.3. The summed E-state index contributed by atoms with van der Waals surface area (Å²) in [7, 11) is 1.44. The van der Waals surface area contributed by atoms with Crippen LogP contribution < -0.4 is 0 Å². The quantitative estimate of drug-likeness (QED) is 0.0163. The predicted molar refractivity (Wildman–Crippen MR) is 233 cm³/mol. The Morgan fingerprint density at radius 1 is 0.571 bits per heavy atom. The van der Waals surface area contributed by atoms with Gasteiger partial charge in [0.05, 0.1) is 27.7 Å². The Morgan fingerprint density at radius 3 is 1.57 bits per heavy atom. The minimum Gasteiger partial charge on any atom is -0.462 e. The normalized spacial score (nSPS) is 14.2. The van der Waals surface area contributed by atoms with Crippen molar-refractivity contribution in [3.05, 3.63) is 60.8 Å². The molecular weight excluding hydrogens is 725 g/mol. The topological polar surface area (TPSA) is 108 Å². The Balaban J connectivity index is 4.44. The van der Waals surface area contributed by atoms with Gasteiger partial charge in [0.15, 0.2) is 6.10 Å². The Morgan fingerprint density at radius 2 is 1.02 bits per heavy atom. The van der Waals surface area contributed by atoms with E-state index in [1.807, 2.05) is 21.1 Å². The number of carbonyl (C=O) groups excluding carboxylic acids is 2. The molecule has 0 aromatic carbocycles. The van der Waals surface area contributed by atoms with Gasteiger partial charge in [-0.25, -0.2) is 4.57 Å². The number of phosphoric acid groups is 1. The first kappa shape index (κ1) is 53.7. The first-order valence-electron chi connectivity index (χ1n) is 22.0. The fourth-order valence-electron chi connectivity index (χ4n) is 5.54. The maximum atomic E-state index is 12.7. The third-order valence-corrected chi connectivity index (χ3v) is 10.0. The molecule has 0 aromatic rings. The van der Waals surface area contributed by atoms with Crippen LogP contribution in [0.15, 0.2) is 60.8 Å². The molecule has 0 spiro atoms. The molecule has 0 radical (unpaired) electrons. The van der Waals surface area contributed by atoms with Crippen LogP contribution in [0.2, 0.25) is 0 Å². The van der Waals surface area contributed by atoms with E-state index in [9.17, 15) is 19.0 Å². The Bertz CT molecular complexity index is 1140. The summed E-state index contributed by atoms with van der Waals surface area (Å²) in [6.45, 7) is 4.31. The van der Waals surface area contributed by atoms with Crippen molar-refractivity contribution < 1.29 is 42.1 Å². The number of allylic oxidation sites excluding steroid dienone is 10. The van der Waals surface area contributed by atoms with Gasteiger partial charge >= 0.3 is 19.8 Å². The zero-order valence-electron chi connectivity index (χ0n) is 36.3. The number of rotatable bonds is 39. The van der Waals surface area contributed by atoms with Gasteiger partial charge < -0.3 is 18.9 Å². The molecule has 0 amide bonds. The summed E-state index contributed by atoms with van der Waals surface area (Å²) in [5, 5.41) is 0. The van der Waals surface area contributed by atoms with Crippen molar-refractivity contribution in [1.82, 2.24) is 0 Å². The van der Waals surface area contributed by atoms with Crippen molar-refractivity contribution in [2.45, 2.75) is 174 Å². The van der Waals surface area contributed by atoms with Crippen LogP contribution in [0.25, 0.3) is 0 Å². The van der Waals surface area contributed by atoms with E-state index in [1.54, 1.807) is 0 Å². The van der Waals surface area contributed by atoms with Crippen molar-refractivity contribution in [3.8, 4) is 0 Å². The van der Waals surface area contributed by atoms with E-state index < -0.39 is 32.5 Å². The van der Waals surface area contributed by atoms with E-state index >= 15 is 0 Å². The van der Waals surface area contributed by atoms with Gasteiger partial charge in [0, 0.05) is 12.8 Å². The highest BCUT2D eigenvalue weighted by Gasteiger charge is 2.27. The van der Waals surface area contributed by atoms with Gasteiger partial charge in [-0.3, -0.25) is 18.6 Å². The van der Waals surface area contributed by atoms with E-state index in [2.05, 4.69) is 74.6 Å². The molecule has 0 aliphatic carbocycles. The molecule has 9 nitrogen and oxygen atoms in total. The van der Waals surface area contributed by atoms with Gasteiger partial charge in [0.25, 0.3) is 0 Å². The summed E-state index contributed by atoms with van der Waals surface area (Å²) >= 11 is 0. The van der Waals surface area contributed by atoms with Gasteiger partial charge in [-0.2, -0.15) is 0 Å². The number of nitrogens with zero attached hydrogens (tertiary/aromatic N) is 1. The lowest BCUT2D eigenvalue weighted by Crippen LogP contribution is -2.37. The summed E-state index contributed by atoms with van der Waals surface area (Å²) < 4.78 is 34.3. The fraction of sp³-hybridized carbons (Fsp3) is 0.739. The maximum Gasteiger partial charge on any atom is 0.472 e. The number of phosphoric ester groups is 1. The third-order valence-electron chi connectivity index (χ3n) is 9.05. The maximum absolute atomic E-state index is 12.7. The molecular formula is C46H83NO8P+. The van der Waals surface area contributed by atoms with E-state index in [0.29, 0.717) is 23.9 Å². The van der Waals surface area contributed by atoms with Crippen molar-refractivity contribution >= 4 is 19.8 Å². The highest BCUT2D eigenvalue weighted by molar-refractivity contribution is 7.47. The average Bonchev–Trinajstić information content (AvgIpc) is 3.15. The standard InChI is InChI=1S/C46H82NO8P/c1-6-8-10-12-14-16-18-20-22-23-25-26-28-30-32-34-36-38-45(48)52-42-44(43-54-56(50,51)53-41-40-47(3,4)5)55-46(49)39-37-35-33-31-29-27-24-21-19-17-15-13-11-9-7-2/h14,16-17,19-22,24-26,44H,6-13,15,18,23,27-43H2,1-5H3/p+1/b16-14+,19-17+,22-20+,24-21+,26-25+/t44-/m1/s1. The van der Waals surface area contributed by atoms with Crippen LogP contribution >= 0.6 is 7.82 Å². The number of hydrogen-bond acceptors (Lipinski definition) is 7. The van der Waals surface area contributed by atoms with Gasteiger partial charge in [-0.05, 0) is 77.0 Å². The molecule has 1 N–H and O–H groups in total. The molecule has 1 unspecified atom stereocenters. The SMILES string of the molecule is CCCCC/C=C/C/C=C/C/C=C/CCCCCCC(=O)OC[C@H](COP(=O)(O)OCC[N+](C)(C)C)OC(=O)CCCCCCC/C=C/C=C/CCCCCC. The summed E-state index contributed by atoms with van der Waals surface area (Å²) in [6.07, 6.45) is 45.5. The molecule has 0 aromatic heterocycles. The summed E-state index contributed by atoms with van der Waals surface area (Å²) in [5.41, 5.74) is 0. The molecule has 0 bridgehead atoms. The smallest absolute Gasteiger partial charge is 0.462 e. The molecule has 0 heterocycles. The van der Waals surface area contributed by atoms with E-state index in [4.69, 9.17) is 18.5 Å². The minimum atomic E-state index is -4.39. The number of quaternary nitrogens is 1. The molecule has 0 rings (SSSR count). The van der Waals surface area contributed by atoms with Gasteiger partial charge in [-0.15, -0.1) is 0 Å². The third kappa shape index (κ3) is 41.3. The number of ether oxygens (including phenoxy) is 2. The second kappa shape index (κ2) is 38.2. The lowest BCUT2D eigenvalue weighted by molar-refractivity contribution is -0.870. The van der Waals surface area contributed by atoms with Crippen LogP contribution in [0.1, 0.15) is 168 Å². The fourth-order valence-corrected chi connectivity index (χ4v) is 6.28. The number of unbranched alkanes of at least 4 members (excludes halogenated alkanes) is 16. The average molecular weight is 809 g/mol. The van der Waals surface area contributed by atoms with Crippen LogP contribution in [0.3, 0.4) is 0 Å². The Labute approximate surface area is 343 Å². The largest absolute Gasteiger partial charge is 0.472 e. The van der Waals surface area contributed by atoms with Gasteiger partial charge in [0.2, 0.25) is 0 Å². The molecule has 0 aliphatic rings. The van der Waals surface area contributed by atoms with Crippen LogP contribution in [-0.2, 0) is 32.7 Å².